The van der Waals surface area contributed by atoms with Crippen LogP contribution in [0, 0.1) is 0 Å². The Balaban J connectivity index is 1.74. The van der Waals surface area contributed by atoms with Gasteiger partial charge in [-0.15, -0.1) is 0 Å². The maximum atomic E-state index is 12.8. The minimum absolute atomic E-state index is 0.107. The zero-order valence-electron chi connectivity index (χ0n) is 18.4. The quantitative estimate of drug-likeness (QED) is 0.671. The molecule has 0 radical (unpaired) electrons. The molecular weight excluding hydrogens is 416 g/mol. The number of fused-ring (bicyclic) bond motifs is 1. The molecule has 1 aliphatic rings. The fourth-order valence-electron chi connectivity index (χ4n) is 3.88. The summed E-state index contributed by atoms with van der Waals surface area (Å²) < 4.78 is 38.1. The van der Waals surface area contributed by atoms with Crippen molar-refractivity contribution < 1.29 is 22.7 Å². The number of carbonyl (C=O) groups is 1. The largest absolute Gasteiger partial charge is 0.497 e. The van der Waals surface area contributed by atoms with Crippen LogP contribution in [-0.2, 0) is 14.8 Å². The maximum absolute atomic E-state index is 12.8. The van der Waals surface area contributed by atoms with Crippen molar-refractivity contribution >= 4 is 15.9 Å². The number of likely N-dealkylation sites (N-methyl/N-ethyl adjacent to an activating group) is 1. The average molecular weight is 447 g/mol. The van der Waals surface area contributed by atoms with Crippen LogP contribution in [0.25, 0.3) is 0 Å². The molecule has 1 amide bonds. The van der Waals surface area contributed by atoms with Crippen LogP contribution in [0.3, 0.4) is 0 Å². The second kappa shape index (κ2) is 9.28. The molecular formula is C23H30N2O5S. The van der Waals surface area contributed by atoms with Crippen molar-refractivity contribution in [3.63, 3.8) is 0 Å². The average Bonchev–Trinajstić information content (AvgIpc) is 2.78. The summed E-state index contributed by atoms with van der Waals surface area (Å²) in [6, 6.07) is 13.5. The second-order valence-electron chi connectivity index (χ2n) is 7.79. The molecule has 1 N–H and O–H groups in total. The number of ether oxygens (including phenoxy) is 2. The highest BCUT2D eigenvalue weighted by Gasteiger charge is 2.39. The normalized spacial score (nSPS) is 17.5. The number of hydrogen-bond donors (Lipinski definition) is 1. The molecule has 1 aliphatic heterocycles. The van der Waals surface area contributed by atoms with Crippen LogP contribution in [-0.4, -0.2) is 44.9 Å². The minimum atomic E-state index is -3.80. The summed E-state index contributed by atoms with van der Waals surface area (Å²) in [4.78, 5) is 12.9. The second-order valence-corrected chi connectivity index (χ2v) is 9.84. The Kier molecular flexibility index (Phi) is 6.91. The third-order valence-corrected chi connectivity index (χ3v) is 7.77. The lowest BCUT2D eigenvalue weighted by atomic mass is 9.83. The number of carbonyl (C=O) groups excluding carboxylic acids is 1. The highest BCUT2D eigenvalue weighted by molar-refractivity contribution is 7.89. The molecule has 0 saturated heterocycles. The molecule has 0 aromatic heterocycles. The minimum Gasteiger partial charge on any atom is -0.497 e. The van der Waals surface area contributed by atoms with E-state index in [1.807, 2.05) is 24.3 Å². The molecule has 0 unspecified atom stereocenters. The van der Waals surface area contributed by atoms with Gasteiger partial charge in [-0.25, -0.2) is 8.42 Å². The van der Waals surface area contributed by atoms with E-state index in [-0.39, 0.29) is 29.0 Å². The van der Waals surface area contributed by atoms with Crippen molar-refractivity contribution in [2.24, 2.45) is 0 Å². The molecule has 0 saturated carbocycles. The summed E-state index contributed by atoms with van der Waals surface area (Å²) in [5.74, 6) is 0.970. The molecule has 1 atom stereocenters. The number of amides is 1. The Morgan fingerprint density at radius 1 is 1.16 bits per heavy atom. The van der Waals surface area contributed by atoms with Gasteiger partial charge in [0.15, 0.2) is 0 Å². The van der Waals surface area contributed by atoms with Crippen LogP contribution in [0.4, 0.5) is 0 Å². The molecule has 7 nitrogen and oxygen atoms in total. The van der Waals surface area contributed by atoms with Gasteiger partial charge in [-0.1, -0.05) is 32.0 Å². The van der Waals surface area contributed by atoms with Crippen molar-refractivity contribution in [3.8, 4) is 11.5 Å². The van der Waals surface area contributed by atoms with E-state index in [4.69, 9.17) is 9.47 Å². The van der Waals surface area contributed by atoms with Crippen LogP contribution < -0.4 is 14.8 Å². The SMILES string of the molecule is CCC1(CC)C[C@H](NC(=O)CN(C)S(=O)(=O)c2ccc(OC)cc2)c2ccccc2O1. The molecule has 1 heterocycles. The highest BCUT2D eigenvalue weighted by atomic mass is 32.2. The van der Waals surface area contributed by atoms with Gasteiger partial charge >= 0.3 is 0 Å². The van der Waals surface area contributed by atoms with Gasteiger partial charge in [0.2, 0.25) is 15.9 Å². The van der Waals surface area contributed by atoms with Crippen molar-refractivity contribution in [1.82, 2.24) is 9.62 Å². The van der Waals surface area contributed by atoms with Gasteiger partial charge in [0, 0.05) is 19.0 Å². The predicted octanol–water partition coefficient (Wildman–Crippen LogP) is 3.51. The summed E-state index contributed by atoms with van der Waals surface area (Å²) in [5, 5.41) is 3.03. The Labute approximate surface area is 184 Å². The Bertz CT molecular complexity index is 1020. The van der Waals surface area contributed by atoms with Crippen molar-refractivity contribution in [1.29, 1.82) is 0 Å². The smallest absolute Gasteiger partial charge is 0.243 e. The molecule has 0 fully saturated rings. The first-order valence-corrected chi connectivity index (χ1v) is 11.9. The number of benzene rings is 2. The van der Waals surface area contributed by atoms with Gasteiger partial charge in [-0.05, 0) is 43.2 Å². The van der Waals surface area contributed by atoms with Crippen molar-refractivity contribution in [3.05, 3.63) is 54.1 Å². The Morgan fingerprint density at radius 3 is 2.42 bits per heavy atom. The summed E-state index contributed by atoms with van der Waals surface area (Å²) >= 11 is 0. The van der Waals surface area contributed by atoms with Gasteiger partial charge in [-0.2, -0.15) is 4.31 Å². The molecule has 8 heteroatoms. The van der Waals surface area contributed by atoms with E-state index < -0.39 is 10.0 Å². The molecule has 0 spiro atoms. The monoisotopic (exact) mass is 446 g/mol. The zero-order valence-corrected chi connectivity index (χ0v) is 19.2. The van der Waals surface area contributed by atoms with Gasteiger partial charge < -0.3 is 14.8 Å². The number of hydrogen-bond acceptors (Lipinski definition) is 5. The number of nitrogens with zero attached hydrogens (tertiary/aromatic N) is 1. The van der Waals surface area contributed by atoms with Crippen LogP contribution in [0.5, 0.6) is 11.5 Å². The van der Waals surface area contributed by atoms with E-state index in [0.717, 1.165) is 28.5 Å². The highest BCUT2D eigenvalue weighted by Crippen LogP contribution is 2.42. The topological polar surface area (TPSA) is 84.9 Å². The van der Waals surface area contributed by atoms with Crippen LogP contribution in [0.2, 0.25) is 0 Å². The first-order valence-electron chi connectivity index (χ1n) is 10.4. The van der Waals surface area contributed by atoms with Crippen LogP contribution in [0.15, 0.2) is 53.4 Å². The maximum Gasteiger partial charge on any atom is 0.243 e. The lowest BCUT2D eigenvalue weighted by Crippen LogP contribution is -2.46. The fraction of sp³-hybridized carbons (Fsp3) is 0.435. The van der Waals surface area contributed by atoms with E-state index in [0.29, 0.717) is 12.2 Å². The number of methoxy groups -OCH3 is 1. The lowest BCUT2D eigenvalue weighted by Gasteiger charge is -2.41. The van der Waals surface area contributed by atoms with Crippen LogP contribution >= 0.6 is 0 Å². The van der Waals surface area contributed by atoms with Gasteiger partial charge in [0.05, 0.1) is 24.6 Å². The number of para-hydroxylation sites is 1. The number of sulfonamides is 1. The van der Waals surface area contributed by atoms with Gasteiger partial charge in [0.1, 0.15) is 17.1 Å². The first-order chi connectivity index (χ1) is 14.7. The number of nitrogens with one attached hydrogen (secondary N) is 1. The molecule has 2 aromatic carbocycles. The van der Waals surface area contributed by atoms with E-state index >= 15 is 0 Å². The summed E-state index contributed by atoms with van der Waals surface area (Å²) in [7, 11) is -0.884. The predicted molar refractivity (Wildman–Crippen MR) is 119 cm³/mol. The number of rotatable bonds is 8. The summed E-state index contributed by atoms with van der Waals surface area (Å²) in [5.41, 5.74) is 0.557. The standard InChI is InChI=1S/C23H30N2O5S/c1-5-23(6-2)15-20(19-9-7-8-10-21(19)30-23)24-22(26)16-25(3)31(27,28)18-13-11-17(29-4)12-14-18/h7-14,20H,5-6,15-16H2,1-4H3,(H,24,26)/t20-/m0/s1. The summed E-state index contributed by atoms with van der Waals surface area (Å²) in [6.45, 7) is 3.87. The summed E-state index contributed by atoms with van der Waals surface area (Å²) in [6.07, 6.45) is 2.27. The molecule has 0 bridgehead atoms. The third kappa shape index (κ3) is 4.85. The van der Waals surface area contributed by atoms with Crippen molar-refractivity contribution in [2.45, 2.75) is 49.6 Å². The first kappa shape index (κ1) is 23.1. The zero-order chi connectivity index (χ0) is 22.6. The molecule has 3 rings (SSSR count). The Morgan fingerprint density at radius 2 is 1.81 bits per heavy atom. The fourth-order valence-corrected chi connectivity index (χ4v) is 5.01. The Hall–Kier alpha value is -2.58. The van der Waals surface area contributed by atoms with Crippen LogP contribution in [0.1, 0.15) is 44.7 Å². The van der Waals surface area contributed by atoms with Crippen molar-refractivity contribution in [2.75, 3.05) is 20.7 Å². The lowest BCUT2D eigenvalue weighted by molar-refractivity contribution is -0.122. The molecule has 0 aliphatic carbocycles. The van der Waals surface area contributed by atoms with E-state index in [1.165, 1.54) is 26.3 Å². The van der Waals surface area contributed by atoms with Gasteiger partial charge in [-0.3, -0.25) is 4.79 Å². The third-order valence-electron chi connectivity index (χ3n) is 5.95. The van der Waals surface area contributed by atoms with Gasteiger partial charge in [0.25, 0.3) is 0 Å². The van der Waals surface area contributed by atoms with E-state index in [9.17, 15) is 13.2 Å². The molecule has 2 aromatic rings. The van der Waals surface area contributed by atoms with E-state index in [1.54, 1.807) is 12.1 Å². The van der Waals surface area contributed by atoms with E-state index in [2.05, 4.69) is 19.2 Å². The molecule has 168 valence electrons. The molecule has 31 heavy (non-hydrogen) atoms.